The summed E-state index contributed by atoms with van der Waals surface area (Å²) in [4.78, 5) is 11.9. The topological polar surface area (TPSA) is 62.7 Å². The number of anilines is 1. The van der Waals surface area contributed by atoms with Crippen molar-refractivity contribution in [3.05, 3.63) is 59.1 Å². The van der Waals surface area contributed by atoms with Gasteiger partial charge in [0.05, 0.1) is 25.1 Å². The smallest absolute Gasteiger partial charge is 0.259 e. The predicted molar refractivity (Wildman–Crippen MR) is 93.3 cm³/mol. The van der Waals surface area contributed by atoms with E-state index in [-0.39, 0.29) is 12.5 Å². The van der Waals surface area contributed by atoms with Crippen LogP contribution in [0.3, 0.4) is 0 Å². The van der Waals surface area contributed by atoms with Crippen LogP contribution in [-0.4, -0.2) is 25.3 Å². The number of carbonyl (C=O) groups is 1. The van der Waals surface area contributed by atoms with Crippen LogP contribution in [0.4, 0.5) is 5.69 Å². The van der Waals surface area contributed by atoms with Gasteiger partial charge in [0.2, 0.25) is 0 Å². The van der Waals surface area contributed by atoms with Crippen LogP contribution in [0.5, 0.6) is 5.75 Å². The number of halogens is 1. The van der Waals surface area contributed by atoms with Gasteiger partial charge >= 0.3 is 0 Å². The molecule has 2 aromatic rings. The van der Waals surface area contributed by atoms with Gasteiger partial charge in [-0.15, -0.1) is 0 Å². The maximum atomic E-state index is 11.9. The molecule has 0 heterocycles. The van der Waals surface area contributed by atoms with Crippen molar-refractivity contribution in [3.63, 3.8) is 0 Å². The van der Waals surface area contributed by atoms with E-state index in [1.54, 1.807) is 19.2 Å². The minimum Gasteiger partial charge on any atom is -0.495 e. The molecule has 0 unspecified atom stereocenters. The van der Waals surface area contributed by atoms with Crippen molar-refractivity contribution in [2.24, 2.45) is 5.10 Å². The van der Waals surface area contributed by atoms with E-state index < -0.39 is 0 Å². The number of hydrogen-bond acceptors (Lipinski definition) is 4. The average molecular weight is 332 g/mol. The molecule has 2 aromatic carbocycles. The molecule has 0 aliphatic carbocycles. The maximum Gasteiger partial charge on any atom is 0.259 e. The van der Waals surface area contributed by atoms with E-state index in [9.17, 15) is 4.79 Å². The van der Waals surface area contributed by atoms with E-state index in [1.165, 1.54) is 0 Å². The lowest BCUT2D eigenvalue weighted by Crippen LogP contribution is -2.26. The molecule has 0 aromatic heterocycles. The molecule has 0 radical (unpaired) electrons. The summed E-state index contributed by atoms with van der Waals surface area (Å²) in [6.45, 7) is 1.91. The molecule has 2 rings (SSSR count). The molecular formula is C17H18ClN3O2. The lowest BCUT2D eigenvalue weighted by atomic mass is 10.1. The first-order valence-corrected chi connectivity index (χ1v) is 7.44. The van der Waals surface area contributed by atoms with Gasteiger partial charge in [0.1, 0.15) is 5.75 Å². The summed E-state index contributed by atoms with van der Waals surface area (Å²) in [5.74, 6) is 0.436. The van der Waals surface area contributed by atoms with E-state index in [1.807, 2.05) is 43.3 Å². The Kier molecular flexibility index (Phi) is 6.00. The zero-order valence-corrected chi connectivity index (χ0v) is 13.7. The monoisotopic (exact) mass is 331 g/mol. The number of ether oxygens (including phenoxy) is 1. The number of hydrazone groups is 1. The van der Waals surface area contributed by atoms with Crippen molar-refractivity contribution in [2.75, 3.05) is 19.0 Å². The van der Waals surface area contributed by atoms with Crippen molar-refractivity contribution >= 4 is 28.9 Å². The zero-order chi connectivity index (χ0) is 16.7. The first-order chi connectivity index (χ1) is 11.1. The molecule has 6 heteroatoms. The van der Waals surface area contributed by atoms with Crippen molar-refractivity contribution in [1.29, 1.82) is 0 Å². The summed E-state index contributed by atoms with van der Waals surface area (Å²) >= 11 is 5.84. The molecule has 1 amide bonds. The molecule has 0 bridgehead atoms. The number of hydrogen-bond donors (Lipinski definition) is 2. The van der Waals surface area contributed by atoms with Gasteiger partial charge in [0.15, 0.2) is 0 Å². The van der Waals surface area contributed by atoms with E-state index >= 15 is 0 Å². The number of methoxy groups -OCH3 is 1. The van der Waals surface area contributed by atoms with Gasteiger partial charge in [-0.25, -0.2) is 5.43 Å². The number of carbonyl (C=O) groups excluding carboxylic acids is 1. The average Bonchev–Trinajstić information content (AvgIpc) is 2.58. The van der Waals surface area contributed by atoms with Crippen LogP contribution >= 0.6 is 11.6 Å². The normalized spacial score (nSPS) is 11.0. The van der Waals surface area contributed by atoms with Gasteiger partial charge in [-0.2, -0.15) is 5.10 Å². The Morgan fingerprint density at radius 3 is 2.57 bits per heavy atom. The first-order valence-electron chi connectivity index (χ1n) is 7.06. The van der Waals surface area contributed by atoms with Gasteiger partial charge in [0.25, 0.3) is 5.91 Å². The van der Waals surface area contributed by atoms with Crippen molar-refractivity contribution in [3.8, 4) is 5.75 Å². The molecule has 0 saturated carbocycles. The summed E-state index contributed by atoms with van der Waals surface area (Å²) in [6.07, 6.45) is 0. The lowest BCUT2D eigenvalue weighted by molar-refractivity contribution is -0.119. The second-order valence-electron chi connectivity index (χ2n) is 4.79. The molecule has 23 heavy (non-hydrogen) atoms. The number of rotatable bonds is 6. The highest BCUT2D eigenvalue weighted by atomic mass is 35.5. The Hall–Kier alpha value is -2.53. The van der Waals surface area contributed by atoms with Crippen LogP contribution in [-0.2, 0) is 4.79 Å². The van der Waals surface area contributed by atoms with E-state index in [0.717, 1.165) is 11.3 Å². The molecule has 0 atom stereocenters. The number of benzene rings is 2. The highest BCUT2D eigenvalue weighted by Crippen LogP contribution is 2.22. The SMILES string of the molecule is COc1ccccc1NCC(=O)NN=C(C)c1ccc(Cl)cc1. The summed E-state index contributed by atoms with van der Waals surface area (Å²) < 4.78 is 5.21. The first kappa shape index (κ1) is 16.8. The van der Waals surface area contributed by atoms with Gasteiger partial charge in [-0.1, -0.05) is 35.9 Å². The molecule has 120 valence electrons. The number of para-hydroxylation sites is 2. The highest BCUT2D eigenvalue weighted by Gasteiger charge is 2.04. The largest absolute Gasteiger partial charge is 0.495 e. The Balaban J connectivity index is 1.89. The second kappa shape index (κ2) is 8.19. The fraction of sp³-hybridized carbons (Fsp3) is 0.176. The summed E-state index contributed by atoms with van der Waals surface area (Å²) in [5, 5.41) is 7.75. The fourth-order valence-electron chi connectivity index (χ4n) is 1.91. The molecule has 0 fully saturated rings. The minimum atomic E-state index is -0.246. The Bertz CT molecular complexity index is 699. The zero-order valence-electron chi connectivity index (χ0n) is 13.0. The van der Waals surface area contributed by atoms with E-state index in [2.05, 4.69) is 15.8 Å². The maximum absolute atomic E-state index is 11.9. The third kappa shape index (κ3) is 5.00. The van der Waals surface area contributed by atoms with Crippen LogP contribution in [0.2, 0.25) is 5.02 Å². The van der Waals surface area contributed by atoms with Crippen molar-refractivity contribution in [2.45, 2.75) is 6.92 Å². The molecule has 0 aliphatic heterocycles. The van der Waals surface area contributed by atoms with Gasteiger partial charge < -0.3 is 10.1 Å². The number of nitrogens with one attached hydrogen (secondary N) is 2. The Morgan fingerprint density at radius 1 is 1.17 bits per heavy atom. The molecule has 0 saturated heterocycles. The van der Waals surface area contributed by atoms with Crippen LogP contribution in [0.25, 0.3) is 0 Å². The predicted octanol–water partition coefficient (Wildman–Crippen LogP) is 3.30. The van der Waals surface area contributed by atoms with Gasteiger partial charge in [-0.3, -0.25) is 4.79 Å². The minimum absolute atomic E-state index is 0.0950. The highest BCUT2D eigenvalue weighted by molar-refractivity contribution is 6.30. The lowest BCUT2D eigenvalue weighted by Gasteiger charge is -2.10. The molecule has 5 nitrogen and oxygen atoms in total. The van der Waals surface area contributed by atoms with Crippen LogP contribution in [0.15, 0.2) is 53.6 Å². The quantitative estimate of drug-likeness (QED) is 0.630. The Morgan fingerprint density at radius 2 is 1.87 bits per heavy atom. The number of amides is 1. The molecular weight excluding hydrogens is 314 g/mol. The van der Waals surface area contributed by atoms with Crippen molar-refractivity contribution in [1.82, 2.24) is 5.43 Å². The van der Waals surface area contributed by atoms with E-state index in [0.29, 0.717) is 16.5 Å². The standard InChI is InChI=1S/C17H18ClN3O2/c1-12(13-7-9-14(18)10-8-13)20-21-17(22)11-19-15-5-3-4-6-16(15)23-2/h3-10,19H,11H2,1-2H3,(H,21,22). The van der Waals surface area contributed by atoms with Gasteiger partial charge in [-0.05, 0) is 36.8 Å². The third-order valence-corrected chi connectivity index (χ3v) is 3.41. The van der Waals surface area contributed by atoms with Crippen LogP contribution in [0, 0.1) is 0 Å². The summed E-state index contributed by atoms with van der Waals surface area (Å²) in [7, 11) is 1.58. The summed E-state index contributed by atoms with van der Waals surface area (Å²) in [6, 6.07) is 14.6. The van der Waals surface area contributed by atoms with Crippen molar-refractivity contribution < 1.29 is 9.53 Å². The third-order valence-electron chi connectivity index (χ3n) is 3.16. The Labute approximate surface area is 140 Å². The van der Waals surface area contributed by atoms with Crippen LogP contribution in [0.1, 0.15) is 12.5 Å². The molecule has 2 N–H and O–H groups in total. The second-order valence-corrected chi connectivity index (χ2v) is 5.23. The number of nitrogens with zero attached hydrogens (tertiary/aromatic N) is 1. The fourth-order valence-corrected chi connectivity index (χ4v) is 2.03. The molecule has 0 aliphatic rings. The van der Waals surface area contributed by atoms with Crippen LogP contribution < -0.4 is 15.5 Å². The summed E-state index contributed by atoms with van der Waals surface area (Å²) in [5.41, 5.74) is 4.87. The van der Waals surface area contributed by atoms with E-state index in [4.69, 9.17) is 16.3 Å². The molecule has 0 spiro atoms. The van der Waals surface area contributed by atoms with Gasteiger partial charge in [0, 0.05) is 5.02 Å².